The molecular weight excluding hydrogens is 188 g/mol. The first kappa shape index (κ1) is 12.0. The van der Waals surface area contributed by atoms with Crippen LogP contribution in [-0.4, -0.2) is 23.2 Å². The van der Waals surface area contributed by atoms with E-state index in [-0.39, 0.29) is 0 Å². The molecule has 0 radical (unpaired) electrons. The van der Waals surface area contributed by atoms with Crippen molar-refractivity contribution in [3.8, 4) is 0 Å². The minimum Gasteiger partial charge on any atom is -0.389 e. The highest BCUT2D eigenvalue weighted by Crippen LogP contribution is 2.15. The first-order chi connectivity index (χ1) is 7.19. The van der Waals surface area contributed by atoms with Crippen molar-refractivity contribution in [3.05, 3.63) is 23.9 Å². The zero-order valence-electron chi connectivity index (χ0n) is 9.77. The van der Waals surface area contributed by atoms with Gasteiger partial charge in [0, 0.05) is 19.3 Å². The van der Waals surface area contributed by atoms with E-state index in [1.54, 1.807) is 13.1 Å². The van der Waals surface area contributed by atoms with E-state index in [1.807, 2.05) is 12.1 Å². The minimum absolute atomic E-state index is 0.437. The molecule has 1 unspecified atom stereocenters. The number of hydrogen-bond donors (Lipinski definition) is 1. The Morgan fingerprint density at radius 2 is 2.13 bits per heavy atom. The van der Waals surface area contributed by atoms with E-state index in [2.05, 4.69) is 23.7 Å². The van der Waals surface area contributed by atoms with Crippen LogP contribution in [0.1, 0.15) is 38.9 Å². The summed E-state index contributed by atoms with van der Waals surface area (Å²) in [6, 6.07) is 3.91. The third-order valence-corrected chi connectivity index (χ3v) is 2.45. The molecule has 3 heteroatoms. The van der Waals surface area contributed by atoms with Gasteiger partial charge in [0.2, 0.25) is 0 Å². The first-order valence-electron chi connectivity index (χ1n) is 5.58. The van der Waals surface area contributed by atoms with Crippen LogP contribution in [0.3, 0.4) is 0 Å². The van der Waals surface area contributed by atoms with Crippen LogP contribution in [0, 0.1) is 0 Å². The molecular formula is C12H20N2O. The summed E-state index contributed by atoms with van der Waals surface area (Å²) in [6.07, 6.45) is 2.43. The maximum atomic E-state index is 9.36. The zero-order chi connectivity index (χ0) is 11.3. The molecule has 0 aliphatic heterocycles. The van der Waals surface area contributed by atoms with Crippen molar-refractivity contribution < 1.29 is 5.11 Å². The van der Waals surface area contributed by atoms with Crippen LogP contribution < -0.4 is 4.90 Å². The van der Waals surface area contributed by atoms with E-state index in [0.717, 1.165) is 30.9 Å². The summed E-state index contributed by atoms with van der Waals surface area (Å²) in [5.41, 5.74) is 0.867. The first-order valence-corrected chi connectivity index (χ1v) is 5.58. The number of aromatic nitrogens is 1. The summed E-state index contributed by atoms with van der Waals surface area (Å²) in [7, 11) is 0. The summed E-state index contributed by atoms with van der Waals surface area (Å²) < 4.78 is 0. The molecule has 84 valence electrons. The van der Waals surface area contributed by atoms with Gasteiger partial charge in [0.05, 0.1) is 6.10 Å². The Morgan fingerprint density at radius 1 is 1.40 bits per heavy atom. The molecule has 1 atom stereocenters. The van der Waals surface area contributed by atoms with E-state index in [1.165, 1.54) is 0 Å². The van der Waals surface area contributed by atoms with E-state index < -0.39 is 6.10 Å². The third kappa shape index (κ3) is 3.20. The minimum atomic E-state index is -0.437. The van der Waals surface area contributed by atoms with Gasteiger partial charge < -0.3 is 10.0 Å². The summed E-state index contributed by atoms with van der Waals surface area (Å²) in [4.78, 5) is 6.58. The number of anilines is 1. The van der Waals surface area contributed by atoms with Crippen molar-refractivity contribution in [1.29, 1.82) is 0 Å². The molecule has 1 rings (SSSR count). The lowest BCUT2D eigenvalue weighted by atomic mass is 10.2. The smallest absolute Gasteiger partial charge is 0.128 e. The van der Waals surface area contributed by atoms with Crippen LogP contribution in [0.5, 0.6) is 0 Å². The van der Waals surface area contributed by atoms with Gasteiger partial charge in [0.1, 0.15) is 5.82 Å². The molecule has 0 spiro atoms. The SMILES string of the molecule is CCCN(CC)c1ccc(C(C)O)cn1. The predicted molar refractivity (Wildman–Crippen MR) is 63.0 cm³/mol. The van der Waals surface area contributed by atoms with Crippen molar-refractivity contribution in [2.45, 2.75) is 33.3 Å². The average molecular weight is 208 g/mol. The molecule has 0 aromatic carbocycles. The van der Waals surface area contributed by atoms with Crippen LogP contribution >= 0.6 is 0 Å². The number of pyridine rings is 1. The fourth-order valence-corrected chi connectivity index (χ4v) is 1.54. The number of hydrogen-bond acceptors (Lipinski definition) is 3. The topological polar surface area (TPSA) is 36.4 Å². The molecule has 1 aromatic heterocycles. The van der Waals surface area contributed by atoms with Gasteiger partial charge in [-0.1, -0.05) is 13.0 Å². The molecule has 0 aliphatic carbocycles. The third-order valence-electron chi connectivity index (χ3n) is 2.45. The average Bonchev–Trinajstić information content (AvgIpc) is 2.26. The molecule has 3 nitrogen and oxygen atoms in total. The summed E-state index contributed by atoms with van der Waals surface area (Å²) in [5.74, 6) is 0.990. The van der Waals surface area contributed by atoms with Crippen molar-refractivity contribution in [3.63, 3.8) is 0 Å². The normalized spacial score (nSPS) is 12.5. The van der Waals surface area contributed by atoms with Gasteiger partial charge in [-0.25, -0.2) is 4.98 Å². The Morgan fingerprint density at radius 3 is 2.53 bits per heavy atom. The Balaban J connectivity index is 2.77. The highest BCUT2D eigenvalue weighted by atomic mass is 16.3. The zero-order valence-corrected chi connectivity index (χ0v) is 9.77. The molecule has 0 fully saturated rings. The maximum absolute atomic E-state index is 9.36. The molecule has 15 heavy (non-hydrogen) atoms. The van der Waals surface area contributed by atoms with Crippen LogP contribution in [0.2, 0.25) is 0 Å². The van der Waals surface area contributed by atoms with Crippen molar-refractivity contribution >= 4 is 5.82 Å². The molecule has 1 heterocycles. The Kier molecular flexibility index (Phi) is 4.56. The number of aliphatic hydroxyl groups excluding tert-OH is 1. The van der Waals surface area contributed by atoms with E-state index >= 15 is 0 Å². The van der Waals surface area contributed by atoms with E-state index in [0.29, 0.717) is 0 Å². The second-order valence-corrected chi connectivity index (χ2v) is 3.71. The highest BCUT2D eigenvalue weighted by Gasteiger charge is 2.05. The van der Waals surface area contributed by atoms with Crippen molar-refractivity contribution in [2.24, 2.45) is 0 Å². The molecule has 0 amide bonds. The van der Waals surface area contributed by atoms with Gasteiger partial charge in [-0.3, -0.25) is 0 Å². The largest absolute Gasteiger partial charge is 0.389 e. The van der Waals surface area contributed by atoms with Gasteiger partial charge >= 0.3 is 0 Å². The number of rotatable bonds is 5. The maximum Gasteiger partial charge on any atom is 0.128 e. The molecule has 0 saturated heterocycles. The van der Waals surface area contributed by atoms with Gasteiger partial charge in [-0.05, 0) is 31.9 Å². The lowest BCUT2D eigenvalue weighted by Crippen LogP contribution is -2.24. The Labute approximate surface area is 91.8 Å². The van der Waals surface area contributed by atoms with Crippen LogP contribution in [0.4, 0.5) is 5.82 Å². The molecule has 1 N–H and O–H groups in total. The fourth-order valence-electron chi connectivity index (χ4n) is 1.54. The van der Waals surface area contributed by atoms with Gasteiger partial charge in [-0.15, -0.1) is 0 Å². The summed E-state index contributed by atoms with van der Waals surface area (Å²) in [5, 5.41) is 9.36. The van der Waals surface area contributed by atoms with Gasteiger partial charge in [-0.2, -0.15) is 0 Å². The Bertz CT molecular complexity index is 282. The second-order valence-electron chi connectivity index (χ2n) is 3.71. The van der Waals surface area contributed by atoms with Gasteiger partial charge in [0.15, 0.2) is 0 Å². The number of aliphatic hydroxyl groups is 1. The molecule has 0 saturated carbocycles. The standard InChI is InChI=1S/C12H20N2O/c1-4-8-14(5-2)12-7-6-11(9-13-12)10(3)15/h6-7,9-10,15H,4-5,8H2,1-3H3. The monoisotopic (exact) mass is 208 g/mol. The highest BCUT2D eigenvalue weighted by molar-refractivity contribution is 5.39. The predicted octanol–water partition coefficient (Wildman–Crippen LogP) is 2.37. The van der Waals surface area contributed by atoms with Crippen LogP contribution in [0.15, 0.2) is 18.3 Å². The lowest BCUT2D eigenvalue weighted by molar-refractivity contribution is 0.199. The van der Waals surface area contributed by atoms with E-state index in [9.17, 15) is 5.11 Å². The molecule has 0 bridgehead atoms. The second kappa shape index (κ2) is 5.71. The molecule has 0 aliphatic rings. The quantitative estimate of drug-likeness (QED) is 0.807. The van der Waals surface area contributed by atoms with Crippen LogP contribution in [0.25, 0.3) is 0 Å². The van der Waals surface area contributed by atoms with Gasteiger partial charge in [0.25, 0.3) is 0 Å². The van der Waals surface area contributed by atoms with Crippen LogP contribution in [-0.2, 0) is 0 Å². The van der Waals surface area contributed by atoms with Crippen molar-refractivity contribution in [1.82, 2.24) is 4.98 Å². The number of nitrogens with zero attached hydrogens (tertiary/aromatic N) is 2. The van der Waals surface area contributed by atoms with Crippen molar-refractivity contribution in [2.75, 3.05) is 18.0 Å². The summed E-state index contributed by atoms with van der Waals surface area (Å²) >= 11 is 0. The summed E-state index contributed by atoms with van der Waals surface area (Å²) in [6.45, 7) is 8.03. The molecule has 1 aromatic rings. The Hall–Kier alpha value is -1.09. The lowest BCUT2D eigenvalue weighted by Gasteiger charge is -2.21. The van der Waals surface area contributed by atoms with E-state index in [4.69, 9.17) is 0 Å². The fraction of sp³-hybridized carbons (Fsp3) is 0.583.